The summed E-state index contributed by atoms with van der Waals surface area (Å²) in [5, 5.41) is 3.91. The molecule has 2 saturated heterocycles. The van der Waals surface area contributed by atoms with Crippen LogP contribution in [0.2, 0.25) is 0 Å². The number of nitrogens with zero attached hydrogens (tertiary/aromatic N) is 2. The number of rotatable bonds is 8. The van der Waals surface area contributed by atoms with E-state index in [0.29, 0.717) is 39.9 Å². The number of ether oxygens (including phenoxy) is 2. The Bertz CT molecular complexity index is 1280. The first kappa shape index (κ1) is 26.7. The third kappa shape index (κ3) is 5.61. The van der Waals surface area contributed by atoms with E-state index in [9.17, 15) is 18.0 Å². The first-order valence-corrected chi connectivity index (χ1v) is 13.9. The topological polar surface area (TPSA) is 63.7 Å². The molecule has 5 rings (SSSR count). The molecule has 0 aliphatic carbocycles. The van der Waals surface area contributed by atoms with Gasteiger partial charge in [0, 0.05) is 23.7 Å². The fraction of sp³-hybridized carbons (Fsp3) is 0.500. The van der Waals surface area contributed by atoms with E-state index in [2.05, 4.69) is 15.2 Å². The third-order valence-corrected chi connectivity index (χ3v) is 8.44. The van der Waals surface area contributed by atoms with Crippen molar-refractivity contribution in [1.82, 2.24) is 15.2 Å². The summed E-state index contributed by atoms with van der Waals surface area (Å²) in [5.41, 5.74) is -0.122. The van der Waals surface area contributed by atoms with Crippen molar-refractivity contribution in [3.8, 4) is 11.5 Å². The Kier molecular flexibility index (Phi) is 7.81. The molecule has 2 bridgehead atoms. The van der Waals surface area contributed by atoms with Gasteiger partial charge in [-0.2, -0.15) is 13.2 Å². The molecule has 2 aliphatic rings. The van der Waals surface area contributed by atoms with Crippen LogP contribution in [-0.2, 0) is 12.7 Å². The summed E-state index contributed by atoms with van der Waals surface area (Å²) in [6.07, 6.45) is 1.16. The van der Waals surface area contributed by atoms with Crippen molar-refractivity contribution in [1.29, 1.82) is 0 Å². The molecule has 0 radical (unpaired) electrons. The highest BCUT2D eigenvalue weighted by molar-refractivity contribution is 7.18. The summed E-state index contributed by atoms with van der Waals surface area (Å²) in [5.74, 6) is 1.00. The van der Waals surface area contributed by atoms with E-state index in [0.717, 1.165) is 44.6 Å². The molecule has 6 nitrogen and oxygen atoms in total. The standard InChI is InChI=1S/C28H32F3N3O3S/c1-3-12-37-22-11-10-17(13-23(22)36-2)27(35)32-18-14-19-6-4-7-20(15-18)34(19)16-25-33-26-21(28(29,30)31)8-5-9-24(26)38-25/h5,8-11,13,18-20H,3-4,6-7,12,14-16H2,1-2H3,(H,32,35). The van der Waals surface area contributed by atoms with Crippen molar-refractivity contribution in [3.63, 3.8) is 0 Å². The third-order valence-electron chi connectivity index (χ3n) is 7.44. The van der Waals surface area contributed by atoms with Crippen LogP contribution in [0.1, 0.15) is 66.4 Å². The molecule has 2 unspecified atom stereocenters. The van der Waals surface area contributed by atoms with Crippen LogP contribution in [0.4, 0.5) is 13.2 Å². The Hall–Kier alpha value is -2.85. The Morgan fingerprint density at radius 1 is 1.16 bits per heavy atom. The minimum Gasteiger partial charge on any atom is -0.493 e. The molecule has 2 atom stereocenters. The van der Waals surface area contributed by atoms with Gasteiger partial charge in [-0.25, -0.2) is 4.98 Å². The zero-order valence-corrected chi connectivity index (χ0v) is 22.3. The van der Waals surface area contributed by atoms with Gasteiger partial charge < -0.3 is 14.8 Å². The molecular formula is C28H32F3N3O3S. The predicted molar refractivity (Wildman–Crippen MR) is 141 cm³/mol. The summed E-state index contributed by atoms with van der Waals surface area (Å²) in [6.45, 7) is 3.13. The Morgan fingerprint density at radius 2 is 1.92 bits per heavy atom. The van der Waals surface area contributed by atoms with Gasteiger partial charge >= 0.3 is 6.18 Å². The number of aromatic nitrogens is 1. The minimum atomic E-state index is -4.43. The summed E-state index contributed by atoms with van der Waals surface area (Å²) in [7, 11) is 1.56. The second-order valence-corrected chi connectivity index (χ2v) is 11.1. The van der Waals surface area contributed by atoms with Gasteiger partial charge in [-0.3, -0.25) is 9.69 Å². The second kappa shape index (κ2) is 11.1. The van der Waals surface area contributed by atoms with Gasteiger partial charge in [-0.1, -0.05) is 19.4 Å². The van der Waals surface area contributed by atoms with E-state index in [1.807, 2.05) is 6.92 Å². The molecule has 3 heterocycles. The van der Waals surface area contributed by atoms with Crippen LogP contribution in [0.5, 0.6) is 11.5 Å². The lowest BCUT2D eigenvalue weighted by Gasteiger charge is -2.48. The molecule has 204 valence electrons. The minimum absolute atomic E-state index is 0.0308. The SMILES string of the molecule is CCCOc1ccc(C(=O)NC2CC3CCCC(C2)N3Cc2nc3c(C(F)(F)F)cccc3s2)cc1OC. The van der Waals surface area contributed by atoms with Gasteiger partial charge in [0.2, 0.25) is 0 Å². The quantitative estimate of drug-likeness (QED) is 0.352. The number of benzene rings is 2. The highest BCUT2D eigenvalue weighted by Gasteiger charge is 2.39. The second-order valence-electron chi connectivity index (χ2n) is 10.0. The van der Waals surface area contributed by atoms with Crippen LogP contribution in [0.15, 0.2) is 36.4 Å². The van der Waals surface area contributed by atoms with Gasteiger partial charge in [0.25, 0.3) is 5.91 Å². The number of amides is 1. The first-order chi connectivity index (χ1) is 18.3. The smallest absolute Gasteiger partial charge is 0.418 e. The highest BCUT2D eigenvalue weighted by atomic mass is 32.1. The summed E-state index contributed by atoms with van der Waals surface area (Å²) in [6, 6.07) is 9.99. The van der Waals surface area contributed by atoms with Crippen LogP contribution in [-0.4, -0.2) is 47.6 Å². The molecule has 2 aliphatic heterocycles. The number of hydrogen-bond acceptors (Lipinski definition) is 6. The van der Waals surface area contributed by atoms with Crippen LogP contribution in [0, 0.1) is 0 Å². The summed E-state index contributed by atoms with van der Waals surface area (Å²) >= 11 is 1.33. The Balaban J connectivity index is 1.26. The lowest BCUT2D eigenvalue weighted by molar-refractivity contribution is -0.136. The molecule has 38 heavy (non-hydrogen) atoms. The van der Waals surface area contributed by atoms with Crippen molar-refractivity contribution in [3.05, 3.63) is 52.5 Å². The largest absolute Gasteiger partial charge is 0.493 e. The molecule has 2 aromatic carbocycles. The van der Waals surface area contributed by atoms with E-state index in [-0.39, 0.29) is 29.5 Å². The number of thiazole rings is 1. The molecule has 1 aromatic heterocycles. The number of nitrogens with one attached hydrogen (secondary N) is 1. The molecule has 1 N–H and O–H groups in total. The molecule has 2 fully saturated rings. The average molecular weight is 548 g/mol. The van der Waals surface area contributed by atoms with E-state index in [4.69, 9.17) is 9.47 Å². The summed E-state index contributed by atoms with van der Waals surface area (Å²) in [4.78, 5) is 19.9. The zero-order chi connectivity index (χ0) is 26.9. The lowest BCUT2D eigenvalue weighted by atomic mass is 9.81. The van der Waals surface area contributed by atoms with Crippen molar-refractivity contribution in [2.24, 2.45) is 0 Å². The zero-order valence-electron chi connectivity index (χ0n) is 21.5. The van der Waals surface area contributed by atoms with E-state index in [1.165, 1.54) is 17.4 Å². The number of alkyl halides is 3. The van der Waals surface area contributed by atoms with Gasteiger partial charge in [0.1, 0.15) is 5.01 Å². The van der Waals surface area contributed by atoms with E-state index < -0.39 is 11.7 Å². The first-order valence-electron chi connectivity index (χ1n) is 13.1. The Morgan fingerprint density at radius 3 is 2.61 bits per heavy atom. The number of hydrogen-bond donors (Lipinski definition) is 1. The number of carbonyl (C=O) groups is 1. The predicted octanol–water partition coefficient (Wildman–Crippen LogP) is 6.43. The van der Waals surface area contributed by atoms with Crippen molar-refractivity contribution >= 4 is 27.5 Å². The fourth-order valence-corrected chi connectivity index (χ4v) is 6.71. The van der Waals surface area contributed by atoms with Crippen LogP contribution in [0.3, 0.4) is 0 Å². The van der Waals surface area contributed by atoms with Gasteiger partial charge in [-0.15, -0.1) is 11.3 Å². The number of methoxy groups -OCH3 is 1. The number of fused-ring (bicyclic) bond motifs is 3. The van der Waals surface area contributed by atoms with Gasteiger partial charge in [-0.05, 0) is 62.4 Å². The summed E-state index contributed by atoms with van der Waals surface area (Å²) < 4.78 is 52.1. The van der Waals surface area contributed by atoms with Gasteiger partial charge in [0.05, 0.1) is 36.0 Å². The molecule has 10 heteroatoms. The van der Waals surface area contributed by atoms with Crippen LogP contribution < -0.4 is 14.8 Å². The highest BCUT2D eigenvalue weighted by Crippen LogP contribution is 2.39. The van der Waals surface area contributed by atoms with Gasteiger partial charge in [0.15, 0.2) is 11.5 Å². The maximum atomic E-state index is 13.5. The average Bonchev–Trinajstić information content (AvgIpc) is 3.29. The maximum absolute atomic E-state index is 13.5. The molecular weight excluding hydrogens is 515 g/mol. The van der Waals surface area contributed by atoms with E-state index >= 15 is 0 Å². The van der Waals surface area contributed by atoms with Crippen LogP contribution in [0.25, 0.3) is 10.2 Å². The molecule has 1 amide bonds. The molecule has 0 spiro atoms. The van der Waals surface area contributed by atoms with E-state index in [1.54, 1.807) is 31.4 Å². The molecule has 3 aromatic rings. The fourth-order valence-electron chi connectivity index (χ4n) is 5.71. The monoisotopic (exact) mass is 547 g/mol. The van der Waals surface area contributed by atoms with Crippen molar-refractivity contribution in [2.45, 2.75) is 76.3 Å². The van der Waals surface area contributed by atoms with Crippen molar-refractivity contribution in [2.75, 3.05) is 13.7 Å². The Labute approximate surface area is 224 Å². The molecule has 0 saturated carbocycles. The van der Waals surface area contributed by atoms with Crippen molar-refractivity contribution < 1.29 is 27.4 Å². The maximum Gasteiger partial charge on any atom is 0.418 e. The number of halogens is 3. The normalized spacial score (nSPS) is 21.9. The number of piperidine rings is 2. The number of para-hydroxylation sites is 1. The number of carbonyl (C=O) groups excluding carboxylic acids is 1. The lowest BCUT2D eigenvalue weighted by Crippen LogP contribution is -2.56. The van der Waals surface area contributed by atoms with Crippen LogP contribution >= 0.6 is 11.3 Å².